The van der Waals surface area contributed by atoms with E-state index in [4.69, 9.17) is 9.84 Å². The molecule has 0 spiro atoms. The van der Waals surface area contributed by atoms with Crippen LogP contribution in [0.15, 0.2) is 30.5 Å². The standard InChI is InChI=1S/C15H18N4O4/c1-11-5-3-4-6-13(11)23-8-7-18(2)14(20)10-19-9-12(15(21)22)16-17-19/h3-6,9H,7-8,10H2,1-2H3,(H,21,22). The lowest BCUT2D eigenvalue weighted by Gasteiger charge is -2.17. The second kappa shape index (κ2) is 7.39. The summed E-state index contributed by atoms with van der Waals surface area (Å²) in [6.07, 6.45) is 1.22. The molecule has 1 aromatic heterocycles. The molecule has 0 fully saturated rings. The minimum Gasteiger partial charge on any atom is -0.491 e. The van der Waals surface area contributed by atoms with Crippen molar-refractivity contribution in [3.05, 3.63) is 41.7 Å². The van der Waals surface area contributed by atoms with E-state index in [0.717, 1.165) is 11.3 Å². The Morgan fingerprint density at radius 2 is 2.09 bits per heavy atom. The first-order valence-electron chi connectivity index (χ1n) is 7.03. The van der Waals surface area contributed by atoms with Crippen LogP contribution in [0.2, 0.25) is 0 Å². The van der Waals surface area contributed by atoms with E-state index < -0.39 is 5.97 Å². The Morgan fingerprint density at radius 3 is 2.74 bits per heavy atom. The third kappa shape index (κ3) is 4.53. The molecule has 0 bridgehead atoms. The van der Waals surface area contributed by atoms with Crippen LogP contribution in [-0.4, -0.2) is 57.1 Å². The zero-order chi connectivity index (χ0) is 16.8. The molecule has 0 saturated carbocycles. The third-order valence-electron chi connectivity index (χ3n) is 3.26. The van der Waals surface area contributed by atoms with Gasteiger partial charge in [0.1, 0.15) is 18.9 Å². The molecule has 1 amide bonds. The number of hydrogen-bond acceptors (Lipinski definition) is 5. The molecule has 1 aromatic carbocycles. The summed E-state index contributed by atoms with van der Waals surface area (Å²) in [5.74, 6) is -0.598. The average Bonchev–Trinajstić information content (AvgIpc) is 2.97. The quantitative estimate of drug-likeness (QED) is 0.812. The van der Waals surface area contributed by atoms with Gasteiger partial charge in [-0.05, 0) is 18.6 Å². The summed E-state index contributed by atoms with van der Waals surface area (Å²) in [6, 6.07) is 7.65. The number of carbonyl (C=O) groups is 2. The largest absolute Gasteiger partial charge is 0.491 e. The lowest BCUT2D eigenvalue weighted by Crippen LogP contribution is -2.33. The Hall–Kier alpha value is -2.90. The van der Waals surface area contributed by atoms with Crippen molar-refractivity contribution in [1.82, 2.24) is 19.9 Å². The minimum atomic E-state index is -1.18. The highest BCUT2D eigenvalue weighted by molar-refractivity contribution is 5.84. The maximum atomic E-state index is 12.0. The lowest BCUT2D eigenvalue weighted by molar-refractivity contribution is -0.131. The molecule has 0 unspecified atom stereocenters. The second-order valence-electron chi connectivity index (χ2n) is 5.04. The van der Waals surface area contributed by atoms with Crippen LogP contribution < -0.4 is 4.74 Å². The zero-order valence-corrected chi connectivity index (χ0v) is 13.0. The number of carboxylic acids is 1. The molecule has 1 heterocycles. The van der Waals surface area contributed by atoms with Gasteiger partial charge in [-0.1, -0.05) is 23.4 Å². The van der Waals surface area contributed by atoms with Crippen molar-refractivity contribution in [2.45, 2.75) is 13.5 Å². The number of aromatic nitrogens is 3. The molecule has 8 nitrogen and oxygen atoms in total. The number of para-hydroxylation sites is 1. The lowest BCUT2D eigenvalue weighted by atomic mass is 10.2. The fourth-order valence-corrected chi connectivity index (χ4v) is 1.87. The maximum absolute atomic E-state index is 12.0. The van der Waals surface area contributed by atoms with Gasteiger partial charge >= 0.3 is 5.97 Å². The molecule has 8 heteroatoms. The van der Waals surface area contributed by atoms with Gasteiger partial charge < -0.3 is 14.7 Å². The summed E-state index contributed by atoms with van der Waals surface area (Å²) in [7, 11) is 1.65. The van der Waals surface area contributed by atoms with Gasteiger partial charge in [0.05, 0.1) is 12.7 Å². The first-order valence-corrected chi connectivity index (χ1v) is 7.03. The van der Waals surface area contributed by atoms with Gasteiger partial charge in [-0.25, -0.2) is 9.48 Å². The van der Waals surface area contributed by atoms with Crippen LogP contribution >= 0.6 is 0 Å². The predicted molar refractivity (Wildman–Crippen MR) is 81.3 cm³/mol. The van der Waals surface area contributed by atoms with Crippen LogP contribution in [0.4, 0.5) is 0 Å². The number of nitrogens with zero attached hydrogens (tertiary/aromatic N) is 4. The van der Waals surface area contributed by atoms with Crippen LogP contribution in [-0.2, 0) is 11.3 Å². The van der Waals surface area contributed by atoms with E-state index in [2.05, 4.69) is 10.3 Å². The molecular weight excluding hydrogens is 300 g/mol. The molecule has 2 aromatic rings. The summed E-state index contributed by atoms with van der Waals surface area (Å²) >= 11 is 0. The molecular formula is C15H18N4O4. The number of ether oxygens (including phenoxy) is 1. The van der Waals surface area contributed by atoms with Crippen molar-refractivity contribution in [3.63, 3.8) is 0 Å². The van der Waals surface area contributed by atoms with Crippen LogP contribution in [0, 0.1) is 6.92 Å². The minimum absolute atomic E-state index is 0.0683. The van der Waals surface area contributed by atoms with Crippen LogP contribution in [0.25, 0.3) is 0 Å². The Balaban J connectivity index is 1.80. The van der Waals surface area contributed by atoms with Crippen molar-refractivity contribution in [2.24, 2.45) is 0 Å². The maximum Gasteiger partial charge on any atom is 0.358 e. The van der Waals surface area contributed by atoms with Crippen molar-refractivity contribution in [3.8, 4) is 5.75 Å². The predicted octanol–water partition coefficient (Wildman–Crippen LogP) is 0.822. The number of aryl methyl sites for hydroxylation is 1. The van der Waals surface area contributed by atoms with Crippen LogP contribution in [0.1, 0.15) is 16.1 Å². The molecule has 0 saturated heterocycles. The van der Waals surface area contributed by atoms with Crippen molar-refractivity contribution in [1.29, 1.82) is 0 Å². The van der Waals surface area contributed by atoms with E-state index in [-0.39, 0.29) is 18.1 Å². The van der Waals surface area contributed by atoms with Gasteiger partial charge in [-0.3, -0.25) is 4.79 Å². The average molecular weight is 318 g/mol. The molecule has 0 aliphatic rings. The van der Waals surface area contributed by atoms with Crippen molar-refractivity contribution < 1.29 is 19.4 Å². The Labute approximate surface area is 133 Å². The van der Waals surface area contributed by atoms with Crippen molar-refractivity contribution >= 4 is 11.9 Å². The van der Waals surface area contributed by atoms with Gasteiger partial charge in [0.15, 0.2) is 5.69 Å². The Morgan fingerprint density at radius 1 is 1.35 bits per heavy atom. The topological polar surface area (TPSA) is 97.5 Å². The number of likely N-dealkylation sites (N-methyl/N-ethyl adjacent to an activating group) is 1. The number of hydrogen-bond donors (Lipinski definition) is 1. The number of rotatable bonds is 7. The Bertz CT molecular complexity index is 698. The molecule has 0 aliphatic carbocycles. The molecule has 1 N–H and O–H groups in total. The van der Waals surface area contributed by atoms with Crippen LogP contribution in [0.5, 0.6) is 5.75 Å². The van der Waals surface area contributed by atoms with E-state index in [0.29, 0.717) is 13.2 Å². The summed E-state index contributed by atoms with van der Waals surface area (Å²) < 4.78 is 6.84. The fourth-order valence-electron chi connectivity index (χ4n) is 1.87. The smallest absolute Gasteiger partial charge is 0.358 e. The van der Waals surface area contributed by atoms with E-state index >= 15 is 0 Å². The third-order valence-corrected chi connectivity index (χ3v) is 3.26. The first-order chi connectivity index (χ1) is 11.0. The zero-order valence-electron chi connectivity index (χ0n) is 13.0. The molecule has 2 rings (SSSR count). The highest BCUT2D eigenvalue weighted by atomic mass is 16.5. The Kier molecular flexibility index (Phi) is 5.29. The highest BCUT2D eigenvalue weighted by Crippen LogP contribution is 2.15. The van der Waals surface area contributed by atoms with Gasteiger partial charge in [-0.15, -0.1) is 5.10 Å². The number of amides is 1. The SMILES string of the molecule is Cc1ccccc1OCCN(C)C(=O)Cn1cc(C(=O)O)nn1. The van der Waals surface area contributed by atoms with Gasteiger partial charge in [-0.2, -0.15) is 0 Å². The number of carboxylic acid groups (broad SMARTS) is 1. The van der Waals surface area contributed by atoms with E-state index in [1.165, 1.54) is 15.8 Å². The van der Waals surface area contributed by atoms with Gasteiger partial charge in [0.25, 0.3) is 0 Å². The van der Waals surface area contributed by atoms with E-state index in [1.807, 2.05) is 31.2 Å². The second-order valence-corrected chi connectivity index (χ2v) is 5.04. The highest BCUT2D eigenvalue weighted by Gasteiger charge is 2.13. The number of aromatic carboxylic acids is 1. The fraction of sp³-hybridized carbons (Fsp3) is 0.333. The summed E-state index contributed by atoms with van der Waals surface area (Å²) in [4.78, 5) is 24.2. The van der Waals surface area contributed by atoms with Gasteiger partial charge in [0.2, 0.25) is 5.91 Å². The summed E-state index contributed by atoms with van der Waals surface area (Å²) in [6.45, 7) is 2.66. The van der Waals surface area contributed by atoms with Gasteiger partial charge in [0, 0.05) is 7.05 Å². The molecule has 0 aliphatic heterocycles. The molecule has 23 heavy (non-hydrogen) atoms. The molecule has 0 atom stereocenters. The normalized spacial score (nSPS) is 10.3. The van der Waals surface area contributed by atoms with Crippen molar-refractivity contribution in [2.75, 3.05) is 20.2 Å². The number of carbonyl (C=O) groups excluding carboxylic acids is 1. The molecule has 122 valence electrons. The summed E-state index contributed by atoms with van der Waals surface area (Å²) in [5, 5.41) is 15.8. The monoisotopic (exact) mass is 318 g/mol. The molecule has 0 radical (unpaired) electrons. The van der Waals surface area contributed by atoms with E-state index in [1.54, 1.807) is 7.05 Å². The van der Waals surface area contributed by atoms with Crippen LogP contribution in [0.3, 0.4) is 0 Å². The first kappa shape index (κ1) is 16.5. The summed E-state index contributed by atoms with van der Waals surface area (Å²) in [5.41, 5.74) is 0.841. The van der Waals surface area contributed by atoms with E-state index in [9.17, 15) is 9.59 Å². The number of benzene rings is 1.